The molecule has 1 amide bonds. The Balaban J connectivity index is 1.92. The summed E-state index contributed by atoms with van der Waals surface area (Å²) in [5, 5.41) is 12.7. The van der Waals surface area contributed by atoms with E-state index in [0.717, 1.165) is 22.3 Å². The molecule has 0 unspecified atom stereocenters. The lowest BCUT2D eigenvalue weighted by Gasteiger charge is -2.17. The molecule has 3 aromatic carbocycles. The number of nitrogen functional groups attached to an aromatic ring is 1. The molecule has 0 heterocycles. The summed E-state index contributed by atoms with van der Waals surface area (Å²) in [4.78, 5) is 12.5. The topological polar surface area (TPSA) is 84.6 Å². The average molecular weight is 461 g/mol. The van der Waals surface area contributed by atoms with E-state index in [1.54, 1.807) is 48.5 Å². The predicted octanol–water partition coefficient (Wildman–Crippen LogP) is 5.64. The number of halogens is 1. The number of hydrogen-bond acceptors (Lipinski definition) is 4. The fraction of sp³-hybridized carbons (Fsp3) is 0.179. The number of aliphatic hydroxyl groups is 1. The minimum atomic E-state index is -0.334. The number of amides is 1. The molecule has 0 bridgehead atoms. The molecule has 0 radical (unpaired) electrons. The summed E-state index contributed by atoms with van der Waals surface area (Å²) < 4.78 is 19.5. The van der Waals surface area contributed by atoms with E-state index in [9.17, 15) is 14.3 Å². The van der Waals surface area contributed by atoms with E-state index in [1.165, 1.54) is 18.2 Å². The van der Waals surface area contributed by atoms with Crippen LogP contribution in [0.3, 0.4) is 0 Å². The third-order valence-electron chi connectivity index (χ3n) is 5.20. The smallest absolute Gasteiger partial charge is 0.248 e. The summed E-state index contributed by atoms with van der Waals surface area (Å²) in [5.41, 5.74) is 11.1. The van der Waals surface area contributed by atoms with E-state index >= 15 is 0 Å². The number of anilines is 2. The standard InChI is InChI=1S/C28H29FN2O3/c1-19(2)7-15-24-22(17-32)11-10-21(28(24)34-18-20-8-13-23(29)14-9-20)12-16-27(33)31-26-6-4-3-5-25(26)30/h3-14,16,32H,15,17-18,30H2,1-2H3,(H,31,33). The van der Waals surface area contributed by atoms with Crippen LogP contribution in [0.1, 0.15) is 36.1 Å². The fourth-order valence-corrected chi connectivity index (χ4v) is 3.35. The summed E-state index contributed by atoms with van der Waals surface area (Å²) in [6, 6.07) is 16.7. The Bertz CT molecular complexity index is 1200. The minimum absolute atomic E-state index is 0.142. The van der Waals surface area contributed by atoms with Crippen molar-refractivity contribution in [1.29, 1.82) is 0 Å². The predicted molar refractivity (Wildman–Crippen MR) is 135 cm³/mol. The number of rotatable bonds is 9. The van der Waals surface area contributed by atoms with E-state index in [1.807, 2.05) is 19.9 Å². The number of carbonyl (C=O) groups is 1. The Morgan fingerprint density at radius 2 is 1.82 bits per heavy atom. The molecular formula is C28H29FN2O3. The van der Waals surface area contributed by atoms with Crippen LogP contribution in [0.2, 0.25) is 0 Å². The molecule has 0 atom stereocenters. The van der Waals surface area contributed by atoms with E-state index in [4.69, 9.17) is 10.5 Å². The van der Waals surface area contributed by atoms with Crippen molar-refractivity contribution in [2.24, 2.45) is 0 Å². The van der Waals surface area contributed by atoms with Gasteiger partial charge in [-0.15, -0.1) is 0 Å². The van der Waals surface area contributed by atoms with Crippen LogP contribution in [0.4, 0.5) is 15.8 Å². The number of ether oxygens (including phenoxy) is 1. The van der Waals surface area contributed by atoms with Crippen molar-refractivity contribution in [3.63, 3.8) is 0 Å². The highest BCUT2D eigenvalue weighted by Crippen LogP contribution is 2.31. The zero-order valence-electron chi connectivity index (χ0n) is 19.3. The maximum Gasteiger partial charge on any atom is 0.248 e. The number of benzene rings is 3. The SMILES string of the molecule is CC(C)=CCc1c(CO)ccc(C=CC(=O)Nc2ccccc2N)c1OCc1ccc(F)cc1. The molecule has 0 spiro atoms. The van der Waals surface area contributed by atoms with E-state index in [0.29, 0.717) is 29.1 Å². The molecule has 34 heavy (non-hydrogen) atoms. The molecule has 0 saturated carbocycles. The number of nitrogens with one attached hydrogen (secondary N) is 1. The molecule has 5 nitrogen and oxygen atoms in total. The van der Waals surface area contributed by atoms with Gasteiger partial charge in [-0.1, -0.05) is 48.0 Å². The third kappa shape index (κ3) is 6.80. The maximum atomic E-state index is 13.3. The van der Waals surface area contributed by atoms with Crippen molar-refractivity contribution in [3.8, 4) is 5.75 Å². The van der Waals surface area contributed by atoms with E-state index < -0.39 is 0 Å². The summed E-state index contributed by atoms with van der Waals surface area (Å²) in [6.07, 6.45) is 5.69. The Hall–Kier alpha value is -3.90. The molecule has 0 aromatic heterocycles. The van der Waals surface area contributed by atoms with Crippen LogP contribution in [0.15, 0.2) is 78.4 Å². The average Bonchev–Trinajstić information content (AvgIpc) is 2.82. The van der Waals surface area contributed by atoms with Gasteiger partial charge in [0.05, 0.1) is 18.0 Å². The molecule has 3 aromatic rings. The van der Waals surface area contributed by atoms with Crippen LogP contribution < -0.4 is 15.8 Å². The van der Waals surface area contributed by atoms with Crippen LogP contribution in [0.25, 0.3) is 6.08 Å². The number of allylic oxidation sites excluding steroid dienone is 2. The van der Waals surface area contributed by atoms with Crippen LogP contribution >= 0.6 is 0 Å². The number of aliphatic hydroxyl groups excluding tert-OH is 1. The van der Waals surface area contributed by atoms with Gasteiger partial charge in [-0.3, -0.25) is 4.79 Å². The fourth-order valence-electron chi connectivity index (χ4n) is 3.35. The Morgan fingerprint density at radius 3 is 2.50 bits per heavy atom. The quantitative estimate of drug-likeness (QED) is 0.219. The zero-order valence-corrected chi connectivity index (χ0v) is 19.3. The summed E-state index contributed by atoms with van der Waals surface area (Å²) in [5.74, 6) is -0.0833. The van der Waals surface area contributed by atoms with Crippen molar-refractivity contribution < 1.29 is 19.0 Å². The van der Waals surface area contributed by atoms with Crippen LogP contribution in [-0.4, -0.2) is 11.0 Å². The lowest BCUT2D eigenvalue weighted by molar-refractivity contribution is -0.111. The van der Waals surface area contributed by atoms with Crippen molar-refractivity contribution in [2.45, 2.75) is 33.5 Å². The number of hydrogen-bond donors (Lipinski definition) is 3. The van der Waals surface area contributed by atoms with Gasteiger partial charge in [0.15, 0.2) is 0 Å². The largest absolute Gasteiger partial charge is 0.488 e. The van der Waals surface area contributed by atoms with Crippen molar-refractivity contribution in [3.05, 3.63) is 106 Å². The Labute approximate surface area is 199 Å². The second-order valence-corrected chi connectivity index (χ2v) is 8.09. The van der Waals surface area contributed by atoms with Crippen LogP contribution in [-0.2, 0) is 24.4 Å². The van der Waals surface area contributed by atoms with Crippen LogP contribution in [0.5, 0.6) is 5.75 Å². The number of nitrogens with two attached hydrogens (primary N) is 1. The highest BCUT2D eigenvalue weighted by Gasteiger charge is 2.14. The van der Waals surface area contributed by atoms with Gasteiger partial charge in [0.25, 0.3) is 0 Å². The van der Waals surface area contributed by atoms with Gasteiger partial charge in [0.2, 0.25) is 5.91 Å². The first-order chi connectivity index (χ1) is 16.4. The lowest BCUT2D eigenvalue weighted by Crippen LogP contribution is -2.09. The lowest BCUT2D eigenvalue weighted by atomic mass is 9.98. The van der Waals surface area contributed by atoms with Gasteiger partial charge >= 0.3 is 0 Å². The molecule has 0 saturated heterocycles. The third-order valence-corrected chi connectivity index (χ3v) is 5.20. The summed E-state index contributed by atoms with van der Waals surface area (Å²) in [6.45, 7) is 4.07. The van der Waals surface area contributed by atoms with Gasteiger partial charge < -0.3 is 20.9 Å². The van der Waals surface area contributed by atoms with E-state index in [-0.39, 0.29) is 24.9 Å². The normalized spacial score (nSPS) is 10.8. The first kappa shape index (κ1) is 24.7. The van der Waals surface area contributed by atoms with Gasteiger partial charge in [-0.25, -0.2) is 4.39 Å². The molecular weight excluding hydrogens is 431 g/mol. The highest BCUT2D eigenvalue weighted by molar-refractivity contribution is 6.03. The first-order valence-electron chi connectivity index (χ1n) is 11.0. The Morgan fingerprint density at radius 1 is 1.09 bits per heavy atom. The number of para-hydroxylation sites is 2. The number of carbonyl (C=O) groups excluding carboxylic acids is 1. The van der Waals surface area contributed by atoms with Gasteiger partial charge in [-0.05, 0) is 61.7 Å². The van der Waals surface area contributed by atoms with Crippen LogP contribution in [0, 0.1) is 5.82 Å². The summed E-state index contributed by atoms with van der Waals surface area (Å²) >= 11 is 0. The summed E-state index contributed by atoms with van der Waals surface area (Å²) in [7, 11) is 0. The molecule has 3 rings (SSSR count). The molecule has 6 heteroatoms. The van der Waals surface area contributed by atoms with Crippen molar-refractivity contribution >= 4 is 23.4 Å². The minimum Gasteiger partial charge on any atom is -0.488 e. The van der Waals surface area contributed by atoms with Crippen molar-refractivity contribution in [2.75, 3.05) is 11.1 Å². The second kappa shape index (κ2) is 11.8. The molecule has 0 fully saturated rings. The van der Waals surface area contributed by atoms with Gasteiger partial charge in [0.1, 0.15) is 18.2 Å². The zero-order chi connectivity index (χ0) is 24.5. The maximum absolute atomic E-state index is 13.3. The highest BCUT2D eigenvalue weighted by atomic mass is 19.1. The Kier molecular flexibility index (Phi) is 8.60. The molecule has 0 aliphatic carbocycles. The monoisotopic (exact) mass is 460 g/mol. The first-order valence-corrected chi connectivity index (χ1v) is 11.0. The second-order valence-electron chi connectivity index (χ2n) is 8.09. The molecule has 0 aliphatic rings. The van der Waals surface area contributed by atoms with Gasteiger partial charge in [0, 0.05) is 17.2 Å². The van der Waals surface area contributed by atoms with Gasteiger partial charge in [-0.2, -0.15) is 0 Å². The van der Waals surface area contributed by atoms with Crippen molar-refractivity contribution in [1.82, 2.24) is 0 Å². The molecule has 0 aliphatic heterocycles. The molecule has 4 N–H and O–H groups in total. The molecule has 176 valence electrons. The van der Waals surface area contributed by atoms with E-state index in [2.05, 4.69) is 11.4 Å².